The highest BCUT2D eigenvalue weighted by molar-refractivity contribution is 7.98. The lowest BCUT2D eigenvalue weighted by Crippen LogP contribution is -2.60. The first-order valence-corrected chi connectivity index (χ1v) is 20.5. The average molecular weight is 861 g/mol. The molecule has 0 saturated heterocycles. The van der Waals surface area contributed by atoms with Crippen molar-refractivity contribution in [2.45, 2.75) is 110 Å². The summed E-state index contributed by atoms with van der Waals surface area (Å²) in [6.45, 7) is 7.61. The number of thioether (sulfide) groups is 1. The molecule has 14 N–H and O–H groups in total. The molecule has 59 heavy (non-hydrogen) atoms. The number of aliphatic hydroxyl groups is 2. The highest BCUT2D eigenvalue weighted by atomic mass is 32.2. The molecule has 22 nitrogen and oxygen atoms in total. The van der Waals surface area contributed by atoms with Crippen molar-refractivity contribution in [1.82, 2.24) is 42.5 Å². The molecule has 0 radical (unpaired) electrons. The SMILES string of the molecule is CSCC[C@H](NC(=O)CNC(=O)[C@@H](N)CC(N)=O)C(=O)N[C@@H](CC(C)C)C(=O)N[C@@H](CO)C(=O)N[C@@H](CC(C)C)C(=O)NCC(=O)N[C@H](C(=O)N[C@H](C=O)CO)C(C)C. The molecule has 0 aliphatic carbocycles. The van der Waals surface area contributed by atoms with Crippen molar-refractivity contribution in [2.24, 2.45) is 29.2 Å². The minimum Gasteiger partial charge on any atom is -0.394 e. The van der Waals surface area contributed by atoms with E-state index < -0.39 is 134 Å². The van der Waals surface area contributed by atoms with Crippen LogP contribution in [-0.4, -0.2) is 150 Å². The molecule has 0 rings (SSSR count). The summed E-state index contributed by atoms with van der Waals surface area (Å²) in [5.74, 6) is -7.56. The lowest BCUT2D eigenvalue weighted by atomic mass is 10.0. The summed E-state index contributed by atoms with van der Waals surface area (Å²) in [5, 5.41) is 38.7. The van der Waals surface area contributed by atoms with Gasteiger partial charge in [0.15, 0.2) is 0 Å². The number of aldehydes is 1. The van der Waals surface area contributed by atoms with Gasteiger partial charge in [-0.05, 0) is 49.0 Å². The predicted molar refractivity (Wildman–Crippen MR) is 216 cm³/mol. The van der Waals surface area contributed by atoms with E-state index in [0.717, 1.165) is 0 Å². The monoisotopic (exact) mass is 860 g/mol. The van der Waals surface area contributed by atoms with E-state index in [9.17, 15) is 58.2 Å². The van der Waals surface area contributed by atoms with E-state index in [4.69, 9.17) is 11.5 Å². The third kappa shape index (κ3) is 22.2. The van der Waals surface area contributed by atoms with Crippen LogP contribution in [0.3, 0.4) is 0 Å². The summed E-state index contributed by atoms with van der Waals surface area (Å²) in [4.78, 5) is 126. The number of carbonyl (C=O) groups excluding carboxylic acids is 10. The lowest BCUT2D eigenvalue weighted by molar-refractivity contribution is -0.136. The second-order valence-electron chi connectivity index (χ2n) is 15.0. The third-order valence-electron chi connectivity index (χ3n) is 8.32. The smallest absolute Gasteiger partial charge is 0.245 e. The van der Waals surface area contributed by atoms with Crippen LogP contribution < -0.4 is 54.0 Å². The summed E-state index contributed by atoms with van der Waals surface area (Å²) < 4.78 is 0. The number of amides is 9. The quantitative estimate of drug-likeness (QED) is 0.0314. The number of carbonyl (C=O) groups is 10. The fourth-order valence-corrected chi connectivity index (χ4v) is 5.69. The molecule has 9 amide bonds. The zero-order valence-corrected chi connectivity index (χ0v) is 35.6. The summed E-state index contributed by atoms with van der Waals surface area (Å²) in [5.41, 5.74) is 10.6. The van der Waals surface area contributed by atoms with E-state index in [1.807, 2.05) is 0 Å². The zero-order chi connectivity index (χ0) is 45.4. The molecule has 0 bridgehead atoms. The Hall–Kier alpha value is -4.87. The second-order valence-corrected chi connectivity index (χ2v) is 15.9. The number of rotatable bonds is 29. The van der Waals surface area contributed by atoms with Crippen LogP contribution in [-0.2, 0) is 47.9 Å². The van der Waals surface area contributed by atoms with Crippen molar-refractivity contribution in [3.05, 3.63) is 0 Å². The van der Waals surface area contributed by atoms with Gasteiger partial charge in [0.2, 0.25) is 53.2 Å². The van der Waals surface area contributed by atoms with Gasteiger partial charge in [-0.25, -0.2) is 0 Å². The van der Waals surface area contributed by atoms with E-state index in [0.29, 0.717) is 12.0 Å². The highest BCUT2D eigenvalue weighted by Crippen LogP contribution is 2.10. The molecule has 336 valence electrons. The minimum absolute atomic E-state index is 0.0766. The van der Waals surface area contributed by atoms with Crippen LogP contribution in [0, 0.1) is 17.8 Å². The standard InChI is InChI=1S/C36H64N10O12S/c1-18(2)10-24(32(54)40-14-29(52)46-30(20(5)6)36(58)41-21(15-47)16-48)43-35(57)26(17-49)45-34(56)25(11-19(3)4)44-33(55)23(8-9-59-7)42-28(51)13-39-31(53)22(37)12-27(38)50/h15,18-26,30,48-49H,8-14,16-17,37H2,1-7H3,(H2,38,50)(H,39,53)(H,40,54)(H,41,58)(H,42,51)(H,43,57)(H,44,55)(H,45,56)(H,46,52)/t21-,22+,23+,24+,25+,26+,30+/m1/s1. The molecule has 0 fully saturated rings. The van der Waals surface area contributed by atoms with E-state index in [2.05, 4.69) is 42.5 Å². The number of primary amides is 1. The number of nitrogens with two attached hydrogens (primary N) is 2. The molecule has 0 aromatic heterocycles. The molecule has 23 heteroatoms. The Morgan fingerprint density at radius 1 is 0.610 bits per heavy atom. The maximum absolute atomic E-state index is 13.5. The zero-order valence-electron chi connectivity index (χ0n) is 34.8. The molecular weight excluding hydrogens is 797 g/mol. The van der Waals surface area contributed by atoms with Gasteiger partial charge in [-0.15, -0.1) is 0 Å². The molecule has 0 saturated carbocycles. The molecule has 7 atom stereocenters. The van der Waals surface area contributed by atoms with Gasteiger partial charge in [-0.1, -0.05) is 41.5 Å². The van der Waals surface area contributed by atoms with Crippen molar-refractivity contribution in [2.75, 3.05) is 38.3 Å². The van der Waals surface area contributed by atoms with Crippen molar-refractivity contribution in [3.8, 4) is 0 Å². The Morgan fingerprint density at radius 2 is 1.08 bits per heavy atom. The maximum Gasteiger partial charge on any atom is 0.245 e. The first kappa shape index (κ1) is 54.1. The van der Waals surface area contributed by atoms with Crippen LogP contribution in [0.1, 0.15) is 67.2 Å². The Balaban J connectivity index is 5.78. The Labute approximate surface area is 348 Å². The molecular formula is C36H64N10O12S. The molecule has 0 heterocycles. The van der Waals surface area contributed by atoms with Crippen LogP contribution in [0.15, 0.2) is 0 Å². The predicted octanol–water partition coefficient (Wildman–Crippen LogP) is -4.98. The van der Waals surface area contributed by atoms with Gasteiger partial charge in [0.1, 0.15) is 42.5 Å². The van der Waals surface area contributed by atoms with Crippen molar-refractivity contribution in [3.63, 3.8) is 0 Å². The third-order valence-corrected chi connectivity index (χ3v) is 8.96. The van der Waals surface area contributed by atoms with Gasteiger partial charge in [-0.2, -0.15) is 11.8 Å². The molecule has 0 spiro atoms. The first-order valence-electron chi connectivity index (χ1n) is 19.2. The fraction of sp³-hybridized carbons (Fsp3) is 0.722. The van der Waals surface area contributed by atoms with Crippen molar-refractivity contribution in [1.29, 1.82) is 0 Å². The molecule has 0 aliphatic rings. The number of nitrogens with one attached hydrogen (secondary N) is 8. The van der Waals surface area contributed by atoms with Crippen LogP contribution in [0.5, 0.6) is 0 Å². The van der Waals surface area contributed by atoms with Crippen molar-refractivity contribution >= 4 is 71.2 Å². The van der Waals surface area contributed by atoms with Gasteiger partial charge in [0.05, 0.1) is 38.8 Å². The maximum atomic E-state index is 13.5. The summed E-state index contributed by atoms with van der Waals surface area (Å²) in [7, 11) is 0. The van der Waals surface area contributed by atoms with Crippen LogP contribution in [0.4, 0.5) is 0 Å². The van der Waals surface area contributed by atoms with Gasteiger partial charge in [0.25, 0.3) is 0 Å². The van der Waals surface area contributed by atoms with E-state index in [-0.39, 0.29) is 31.1 Å². The van der Waals surface area contributed by atoms with Crippen molar-refractivity contribution < 1.29 is 58.2 Å². The van der Waals surface area contributed by atoms with Crippen LogP contribution in [0.25, 0.3) is 0 Å². The number of hydrogen-bond donors (Lipinski definition) is 12. The molecule has 0 aliphatic heterocycles. The van der Waals surface area contributed by atoms with E-state index >= 15 is 0 Å². The summed E-state index contributed by atoms with van der Waals surface area (Å²) in [6.07, 6.45) is 1.96. The van der Waals surface area contributed by atoms with Gasteiger partial charge in [-0.3, -0.25) is 43.2 Å². The largest absolute Gasteiger partial charge is 0.394 e. The Bertz CT molecular complexity index is 1450. The van der Waals surface area contributed by atoms with E-state index in [1.165, 1.54) is 11.8 Å². The number of aliphatic hydroxyl groups excluding tert-OH is 2. The summed E-state index contributed by atoms with van der Waals surface area (Å²) >= 11 is 1.38. The second kappa shape index (κ2) is 28.5. The number of hydrogen-bond acceptors (Lipinski definition) is 14. The molecule has 0 aromatic rings. The Kier molecular flexibility index (Phi) is 26.2. The molecule has 0 unspecified atom stereocenters. The first-order chi connectivity index (χ1) is 27.6. The normalized spacial score (nSPS) is 14.7. The minimum atomic E-state index is -1.59. The highest BCUT2D eigenvalue weighted by Gasteiger charge is 2.32. The lowest BCUT2D eigenvalue weighted by Gasteiger charge is -2.27. The average Bonchev–Trinajstić information content (AvgIpc) is 3.15. The summed E-state index contributed by atoms with van der Waals surface area (Å²) in [6, 6.07) is -8.79. The van der Waals surface area contributed by atoms with Gasteiger partial charge >= 0.3 is 0 Å². The van der Waals surface area contributed by atoms with Crippen LogP contribution in [0.2, 0.25) is 0 Å². The topological polar surface area (TPSA) is 359 Å². The van der Waals surface area contributed by atoms with Gasteiger partial charge in [0, 0.05) is 0 Å². The molecule has 0 aromatic carbocycles. The van der Waals surface area contributed by atoms with E-state index in [1.54, 1.807) is 47.8 Å². The van der Waals surface area contributed by atoms with Crippen LogP contribution >= 0.6 is 11.8 Å². The fourth-order valence-electron chi connectivity index (χ4n) is 5.22. The Morgan fingerprint density at radius 3 is 1.54 bits per heavy atom. The van der Waals surface area contributed by atoms with Gasteiger partial charge < -0.3 is 69.0 Å².